The summed E-state index contributed by atoms with van der Waals surface area (Å²) in [5.74, 6) is -0.463. The minimum atomic E-state index is -0.469. The number of hydrogen-bond donors (Lipinski definition) is 3. The molecule has 2 aromatic carbocycles. The number of anilines is 2. The van der Waals surface area contributed by atoms with E-state index in [2.05, 4.69) is 16.0 Å². The summed E-state index contributed by atoms with van der Waals surface area (Å²) in [6.45, 7) is 1.28. The molecule has 0 aliphatic carbocycles. The highest BCUT2D eigenvalue weighted by Crippen LogP contribution is 2.11. The lowest BCUT2D eigenvalue weighted by molar-refractivity contribution is -0.115. The third-order valence-electron chi connectivity index (χ3n) is 2.99. The molecule has 0 aliphatic heterocycles. The van der Waals surface area contributed by atoms with Gasteiger partial charge in [0.1, 0.15) is 0 Å². The van der Waals surface area contributed by atoms with Gasteiger partial charge in [-0.25, -0.2) is 4.79 Å². The number of ketones is 1. The molecule has 0 aromatic heterocycles. The number of amides is 3. The van der Waals surface area contributed by atoms with E-state index < -0.39 is 6.03 Å². The van der Waals surface area contributed by atoms with Crippen LogP contribution in [0.4, 0.5) is 16.2 Å². The van der Waals surface area contributed by atoms with Crippen LogP contribution in [0.15, 0.2) is 54.6 Å². The van der Waals surface area contributed by atoms with Gasteiger partial charge in [0.05, 0.1) is 6.54 Å². The second kappa shape index (κ2) is 7.74. The first-order valence-electron chi connectivity index (χ1n) is 7.05. The number of benzene rings is 2. The van der Waals surface area contributed by atoms with Gasteiger partial charge in [-0.3, -0.25) is 9.59 Å². The summed E-state index contributed by atoms with van der Waals surface area (Å²) in [6, 6.07) is 15.1. The van der Waals surface area contributed by atoms with Crippen LogP contribution in [0.1, 0.15) is 17.3 Å². The zero-order valence-electron chi connectivity index (χ0n) is 12.6. The lowest BCUT2D eigenvalue weighted by atomic mass is 10.1. The van der Waals surface area contributed by atoms with E-state index in [-0.39, 0.29) is 18.2 Å². The summed E-state index contributed by atoms with van der Waals surface area (Å²) in [6.07, 6.45) is 0. The largest absolute Gasteiger partial charge is 0.329 e. The quantitative estimate of drug-likeness (QED) is 0.742. The fraction of sp³-hybridized carbons (Fsp3) is 0.118. The highest BCUT2D eigenvalue weighted by atomic mass is 16.2. The Kier molecular flexibility index (Phi) is 5.46. The number of Topliss-reactive ketones (excluding diaryl/α,β-unsaturated/α-hetero) is 1. The van der Waals surface area contributed by atoms with Crippen LogP contribution in [-0.2, 0) is 4.79 Å². The molecule has 23 heavy (non-hydrogen) atoms. The van der Waals surface area contributed by atoms with Gasteiger partial charge >= 0.3 is 6.03 Å². The number of urea groups is 1. The second-order valence-electron chi connectivity index (χ2n) is 4.86. The van der Waals surface area contributed by atoms with Crippen molar-refractivity contribution < 1.29 is 14.4 Å². The van der Waals surface area contributed by atoms with Gasteiger partial charge in [-0.1, -0.05) is 30.3 Å². The third-order valence-corrected chi connectivity index (χ3v) is 2.99. The lowest BCUT2D eigenvalue weighted by Gasteiger charge is -2.09. The molecular formula is C17H17N3O3. The zero-order valence-corrected chi connectivity index (χ0v) is 12.6. The molecule has 6 nitrogen and oxygen atoms in total. The van der Waals surface area contributed by atoms with E-state index in [4.69, 9.17) is 0 Å². The topological polar surface area (TPSA) is 87.3 Å². The Hall–Kier alpha value is -3.15. The van der Waals surface area contributed by atoms with Crippen LogP contribution in [0.3, 0.4) is 0 Å². The smallest absolute Gasteiger partial charge is 0.319 e. The van der Waals surface area contributed by atoms with E-state index in [1.807, 2.05) is 6.07 Å². The molecule has 0 saturated heterocycles. The zero-order chi connectivity index (χ0) is 16.7. The van der Waals surface area contributed by atoms with E-state index >= 15 is 0 Å². The van der Waals surface area contributed by atoms with Crippen molar-refractivity contribution in [1.82, 2.24) is 5.32 Å². The van der Waals surface area contributed by atoms with Crippen molar-refractivity contribution in [3.8, 4) is 0 Å². The first-order chi connectivity index (χ1) is 11.0. The summed E-state index contributed by atoms with van der Waals surface area (Å²) in [5, 5.41) is 7.69. The minimum absolute atomic E-state index is 0.0820. The lowest BCUT2D eigenvalue weighted by Crippen LogP contribution is -2.35. The Morgan fingerprint density at radius 2 is 1.57 bits per heavy atom. The summed E-state index contributed by atoms with van der Waals surface area (Å²) < 4.78 is 0. The molecule has 0 radical (unpaired) electrons. The molecule has 118 valence electrons. The monoisotopic (exact) mass is 311 g/mol. The summed E-state index contributed by atoms with van der Waals surface area (Å²) in [5.41, 5.74) is 1.66. The molecule has 0 heterocycles. The highest BCUT2D eigenvalue weighted by Gasteiger charge is 2.07. The third kappa shape index (κ3) is 5.28. The van der Waals surface area contributed by atoms with Crippen LogP contribution >= 0.6 is 0 Å². The first-order valence-corrected chi connectivity index (χ1v) is 7.05. The number of rotatable bonds is 5. The molecule has 0 aliphatic rings. The van der Waals surface area contributed by atoms with Gasteiger partial charge in [0.25, 0.3) is 0 Å². The van der Waals surface area contributed by atoms with Crippen molar-refractivity contribution >= 4 is 29.1 Å². The van der Waals surface area contributed by atoms with Crippen LogP contribution in [0.2, 0.25) is 0 Å². The van der Waals surface area contributed by atoms with E-state index in [1.54, 1.807) is 48.5 Å². The van der Waals surface area contributed by atoms with E-state index in [9.17, 15) is 14.4 Å². The standard InChI is InChI=1S/C17H17N3O3/c1-12(21)13-6-5-9-15(10-13)19-16(22)11-18-17(23)20-14-7-3-2-4-8-14/h2-10H,11H2,1H3,(H,19,22)(H2,18,20,23). The molecule has 2 rings (SSSR count). The Bertz CT molecular complexity index is 714. The van der Waals surface area contributed by atoms with E-state index in [0.717, 1.165) is 0 Å². The molecule has 3 amide bonds. The van der Waals surface area contributed by atoms with Crippen LogP contribution < -0.4 is 16.0 Å². The maximum absolute atomic E-state index is 11.8. The SMILES string of the molecule is CC(=O)c1cccc(NC(=O)CNC(=O)Nc2ccccc2)c1. The second-order valence-corrected chi connectivity index (χ2v) is 4.86. The molecule has 6 heteroatoms. The predicted octanol–water partition coefficient (Wildman–Crippen LogP) is 2.65. The maximum Gasteiger partial charge on any atom is 0.319 e. The number of carbonyl (C=O) groups excluding carboxylic acids is 3. The molecule has 3 N–H and O–H groups in total. The molecule has 0 bridgehead atoms. The van der Waals surface area contributed by atoms with Gasteiger partial charge < -0.3 is 16.0 Å². The molecular weight excluding hydrogens is 294 g/mol. The normalized spacial score (nSPS) is 9.78. The highest BCUT2D eigenvalue weighted by molar-refractivity contribution is 5.99. The Morgan fingerprint density at radius 3 is 2.26 bits per heavy atom. The fourth-order valence-corrected chi connectivity index (χ4v) is 1.88. The van der Waals surface area contributed by atoms with Gasteiger partial charge in [0, 0.05) is 16.9 Å². The molecule has 2 aromatic rings. The first kappa shape index (κ1) is 16.2. The van der Waals surface area contributed by atoms with Crippen molar-refractivity contribution in [2.45, 2.75) is 6.92 Å². The van der Waals surface area contributed by atoms with Crippen molar-refractivity contribution in [3.63, 3.8) is 0 Å². The summed E-state index contributed by atoms with van der Waals surface area (Å²) in [4.78, 5) is 34.8. The summed E-state index contributed by atoms with van der Waals surface area (Å²) in [7, 11) is 0. The maximum atomic E-state index is 11.8. The van der Waals surface area contributed by atoms with E-state index in [1.165, 1.54) is 6.92 Å². The van der Waals surface area contributed by atoms with Crippen molar-refractivity contribution in [2.24, 2.45) is 0 Å². The van der Waals surface area contributed by atoms with E-state index in [0.29, 0.717) is 16.9 Å². The minimum Gasteiger partial charge on any atom is -0.329 e. The van der Waals surface area contributed by atoms with Crippen molar-refractivity contribution in [2.75, 3.05) is 17.2 Å². The van der Waals surface area contributed by atoms with Gasteiger partial charge in [-0.05, 0) is 31.2 Å². The van der Waals surface area contributed by atoms with Gasteiger partial charge in [0.2, 0.25) is 5.91 Å². The van der Waals surface area contributed by atoms with Crippen LogP contribution in [0.25, 0.3) is 0 Å². The predicted molar refractivity (Wildman–Crippen MR) is 88.5 cm³/mol. The fourth-order valence-electron chi connectivity index (χ4n) is 1.88. The Balaban J connectivity index is 1.82. The Morgan fingerprint density at radius 1 is 0.870 bits per heavy atom. The number of carbonyl (C=O) groups is 3. The molecule has 0 saturated carbocycles. The van der Waals surface area contributed by atoms with Crippen LogP contribution in [-0.4, -0.2) is 24.3 Å². The molecule has 0 atom stereocenters. The van der Waals surface area contributed by atoms with Gasteiger partial charge in [-0.15, -0.1) is 0 Å². The van der Waals surface area contributed by atoms with Gasteiger partial charge in [0.15, 0.2) is 5.78 Å². The van der Waals surface area contributed by atoms with Gasteiger partial charge in [-0.2, -0.15) is 0 Å². The number of nitrogens with one attached hydrogen (secondary N) is 3. The average Bonchev–Trinajstić information content (AvgIpc) is 2.54. The van der Waals surface area contributed by atoms with Crippen molar-refractivity contribution in [1.29, 1.82) is 0 Å². The molecule has 0 spiro atoms. The summed E-state index contributed by atoms with van der Waals surface area (Å²) >= 11 is 0. The molecule has 0 fully saturated rings. The van der Waals surface area contributed by atoms with Crippen LogP contribution in [0.5, 0.6) is 0 Å². The Labute approximate surface area is 133 Å². The number of hydrogen-bond acceptors (Lipinski definition) is 3. The average molecular weight is 311 g/mol. The van der Waals surface area contributed by atoms with Crippen LogP contribution in [0, 0.1) is 0 Å². The number of para-hydroxylation sites is 1. The van der Waals surface area contributed by atoms with Crippen molar-refractivity contribution in [3.05, 3.63) is 60.2 Å². The molecule has 0 unspecified atom stereocenters.